The normalized spacial score (nSPS) is 17.8. The molecule has 1 heterocycles. The number of amides is 2. The first-order chi connectivity index (χ1) is 5.46. The third-order valence-electron chi connectivity index (χ3n) is 1.29. The molecule has 0 spiro atoms. The average Bonchev–Trinajstić information content (AvgIpc) is 2.16. The van der Waals surface area contributed by atoms with Crippen molar-refractivity contribution in [1.29, 1.82) is 0 Å². The molecular formula is C6H3Cl2NO2S. The quantitative estimate of drug-likeness (QED) is 0.461. The number of carbonyl (C=O) groups excluding carboxylic acids is 2. The molecule has 0 bridgehead atoms. The molecule has 0 aromatic heterocycles. The van der Waals surface area contributed by atoms with Gasteiger partial charge in [0, 0.05) is 0 Å². The van der Waals surface area contributed by atoms with E-state index in [2.05, 4.69) is 12.2 Å². The van der Waals surface area contributed by atoms with Gasteiger partial charge in [-0.15, -0.1) is 0 Å². The van der Waals surface area contributed by atoms with Crippen molar-refractivity contribution in [1.82, 2.24) is 4.90 Å². The van der Waals surface area contributed by atoms with Crippen LogP contribution in [0, 0.1) is 0 Å². The van der Waals surface area contributed by atoms with Crippen molar-refractivity contribution in [3.05, 3.63) is 10.1 Å². The molecule has 0 atom stereocenters. The molecule has 1 aliphatic heterocycles. The van der Waals surface area contributed by atoms with Gasteiger partial charge in [-0.05, 0) is 6.92 Å². The maximum atomic E-state index is 11.1. The zero-order valence-electron chi connectivity index (χ0n) is 5.93. The molecule has 1 aliphatic rings. The number of hydrogen-bond acceptors (Lipinski definition) is 3. The van der Waals surface area contributed by atoms with Gasteiger partial charge in [-0.2, -0.15) is 0 Å². The Kier molecular flexibility index (Phi) is 2.51. The van der Waals surface area contributed by atoms with Crippen molar-refractivity contribution in [3.8, 4) is 0 Å². The number of nitrogens with zero attached hydrogens (tertiary/aromatic N) is 1. The lowest BCUT2D eigenvalue weighted by molar-refractivity contribution is -0.132. The minimum atomic E-state index is -0.654. The lowest BCUT2D eigenvalue weighted by Gasteiger charge is -2.10. The van der Waals surface area contributed by atoms with Crippen LogP contribution in [0.1, 0.15) is 6.92 Å². The van der Waals surface area contributed by atoms with E-state index in [1.54, 1.807) is 0 Å². The van der Waals surface area contributed by atoms with Gasteiger partial charge >= 0.3 is 0 Å². The van der Waals surface area contributed by atoms with E-state index in [1.165, 1.54) is 6.92 Å². The molecule has 6 heteroatoms. The Morgan fingerprint density at radius 1 is 1.25 bits per heavy atom. The summed E-state index contributed by atoms with van der Waals surface area (Å²) in [5, 5.41) is -0.545. The maximum Gasteiger partial charge on any atom is 0.279 e. The summed E-state index contributed by atoms with van der Waals surface area (Å²) in [4.78, 5) is 23.1. The third kappa shape index (κ3) is 1.26. The SMILES string of the molecule is CC(=S)N1C(=O)C(Cl)=C(Cl)C1=O. The molecule has 0 saturated carbocycles. The topological polar surface area (TPSA) is 37.4 Å². The summed E-state index contributed by atoms with van der Waals surface area (Å²) in [7, 11) is 0. The van der Waals surface area contributed by atoms with Crippen LogP contribution in [-0.2, 0) is 9.59 Å². The second kappa shape index (κ2) is 3.12. The van der Waals surface area contributed by atoms with E-state index in [0.717, 1.165) is 4.90 Å². The molecule has 1 rings (SSSR count). The summed E-state index contributed by atoms with van der Waals surface area (Å²) >= 11 is 15.5. The van der Waals surface area contributed by atoms with Crippen molar-refractivity contribution in [2.75, 3.05) is 0 Å². The second-order valence-corrected chi connectivity index (χ2v) is 3.44. The molecular weight excluding hydrogens is 221 g/mol. The minimum Gasteiger partial charge on any atom is -0.267 e. The fourth-order valence-electron chi connectivity index (χ4n) is 0.762. The highest BCUT2D eigenvalue weighted by atomic mass is 35.5. The molecule has 0 aliphatic carbocycles. The Morgan fingerprint density at radius 3 is 1.75 bits per heavy atom. The zero-order valence-corrected chi connectivity index (χ0v) is 8.26. The van der Waals surface area contributed by atoms with Crippen LogP contribution in [0.15, 0.2) is 10.1 Å². The number of imide groups is 1. The van der Waals surface area contributed by atoms with Gasteiger partial charge in [0.25, 0.3) is 11.8 Å². The van der Waals surface area contributed by atoms with Crippen molar-refractivity contribution < 1.29 is 9.59 Å². The van der Waals surface area contributed by atoms with E-state index in [1.807, 2.05) is 0 Å². The summed E-state index contributed by atoms with van der Waals surface area (Å²) in [6, 6.07) is 0. The Hall–Kier alpha value is -0.450. The highest BCUT2D eigenvalue weighted by Gasteiger charge is 2.37. The Balaban J connectivity index is 3.12. The zero-order chi connectivity index (χ0) is 9.46. The number of halogens is 2. The lowest BCUT2D eigenvalue weighted by atomic mass is 10.5. The third-order valence-corrected chi connectivity index (χ3v) is 2.27. The summed E-state index contributed by atoms with van der Waals surface area (Å²) in [6.07, 6.45) is 0. The van der Waals surface area contributed by atoms with Crippen molar-refractivity contribution in [3.63, 3.8) is 0 Å². The first-order valence-electron chi connectivity index (χ1n) is 2.91. The van der Waals surface area contributed by atoms with Crippen LogP contribution in [0.2, 0.25) is 0 Å². The van der Waals surface area contributed by atoms with Gasteiger partial charge in [-0.1, -0.05) is 35.4 Å². The Bertz CT molecular complexity index is 300. The molecule has 0 saturated heterocycles. The standard InChI is InChI=1S/C6H3Cl2NO2S/c1-2(12)9-5(10)3(7)4(8)6(9)11/h1H3. The lowest BCUT2D eigenvalue weighted by Crippen LogP contribution is -2.34. The van der Waals surface area contributed by atoms with E-state index < -0.39 is 11.8 Å². The van der Waals surface area contributed by atoms with Crippen molar-refractivity contribution in [2.24, 2.45) is 0 Å². The van der Waals surface area contributed by atoms with Crippen molar-refractivity contribution >= 4 is 52.2 Å². The van der Waals surface area contributed by atoms with Crippen LogP contribution in [0.3, 0.4) is 0 Å². The number of rotatable bonds is 0. The van der Waals surface area contributed by atoms with Gasteiger partial charge in [0.2, 0.25) is 0 Å². The Labute approximate surface area is 83.9 Å². The Morgan fingerprint density at radius 2 is 1.58 bits per heavy atom. The predicted molar refractivity (Wildman–Crippen MR) is 48.9 cm³/mol. The molecule has 64 valence electrons. The molecule has 0 unspecified atom stereocenters. The molecule has 12 heavy (non-hydrogen) atoms. The van der Waals surface area contributed by atoms with E-state index in [-0.39, 0.29) is 15.1 Å². The molecule has 0 aromatic rings. The molecule has 2 amide bonds. The monoisotopic (exact) mass is 223 g/mol. The number of carbonyl (C=O) groups is 2. The van der Waals surface area contributed by atoms with Crippen LogP contribution in [0.4, 0.5) is 0 Å². The average molecular weight is 224 g/mol. The maximum absolute atomic E-state index is 11.1. The minimum absolute atomic E-state index is 0.138. The summed E-state index contributed by atoms with van der Waals surface area (Å²) in [5.41, 5.74) is 0. The van der Waals surface area contributed by atoms with Crippen LogP contribution in [0.5, 0.6) is 0 Å². The van der Waals surface area contributed by atoms with Gasteiger partial charge in [-0.3, -0.25) is 9.59 Å². The highest BCUT2D eigenvalue weighted by molar-refractivity contribution is 7.80. The number of hydrogen-bond donors (Lipinski definition) is 0. The predicted octanol–water partition coefficient (Wildman–Crippen LogP) is 1.39. The summed E-state index contributed by atoms with van der Waals surface area (Å²) in [5.74, 6) is -1.31. The van der Waals surface area contributed by atoms with Crippen LogP contribution in [0.25, 0.3) is 0 Å². The first kappa shape index (κ1) is 9.64. The van der Waals surface area contributed by atoms with Gasteiger partial charge in [0.05, 0.1) is 4.99 Å². The van der Waals surface area contributed by atoms with Crippen molar-refractivity contribution in [2.45, 2.75) is 6.92 Å². The van der Waals surface area contributed by atoms with E-state index >= 15 is 0 Å². The van der Waals surface area contributed by atoms with E-state index in [0.29, 0.717) is 0 Å². The molecule has 0 aromatic carbocycles. The summed E-state index contributed by atoms with van der Waals surface area (Å²) in [6.45, 7) is 1.45. The van der Waals surface area contributed by atoms with E-state index in [4.69, 9.17) is 23.2 Å². The van der Waals surface area contributed by atoms with Gasteiger partial charge < -0.3 is 0 Å². The van der Waals surface area contributed by atoms with Gasteiger partial charge in [-0.25, -0.2) is 4.90 Å². The van der Waals surface area contributed by atoms with Gasteiger partial charge in [0.15, 0.2) is 0 Å². The van der Waals surface area contributed by atoms with Crippen LogP contribution >= 0.6 is 35.4 Å². The first-order valence-corrected chi connectivity index (χ1v) is 4.08. The molecule has 0 N–H and O–H groups in total. The highest BCUT2D eigenvalue weighted by Crippen LogP contribution is 2.26. The van der Waals surface area contributed by atoms with E-state index in [9.17, 15) is 9.59 Å². The van der Waals surface area contributed by atoms with Crippen LogP contribution in [-0.4, -0.2) is 21.7 Å². The second-order valence-electron chi connectivity index (χ2n) is 2.09. The molecule has 0 fully saturated rings. The summed E-state index contributed by atoms with van der Waals surface area (Å²) < 4.78 is 0. The fraction of sp³-hybridized carbons (Fsp3) is 0.167. The fourth-order valence-corrected chi connectivity index (χ4v) is 1.26. The number of thiocarbonyl (C=S) groups is 1. The largest absolute Gasteiger partial charge is 0.279 e. The van der Waals surface area contributed by atoms with Gasteiger partial charge in [0.1, 0.15) is 10.1 Å². The van der Waals surface area contributed by atoms with Crippen LogP contribution < -0.4 is 0 Å². The molecule has 3 nitrogen and oxygen atoms in total. The smallest absolute Gasteiger partial charge is 0.267 e. The molecule has 0 radical (unpaired) electrons.